The molecular weight excluding hydrogens is 258 g/mol. The Morgan fingerprint density at radius 1 is 1.35 bits per heavy atom. The van der Waals surface area contributed by atoms with Crippen LogP contribution in [0.5, 0.6) is 5.75 Å². The number of anilines is 1. The SMILES string of the molecule is COc1ccccc1Sc1nc(Cl)ncc1N. The van der Waals surface area contributed by atoms with E-state index in [9.17, 15) is 0 Å². The van der Waals surface area contributed by atoms with E-state index in [2.05, 4.69) is 9.97 Å². The average molecular weight is 268 g/mol. The Labute approximate surface area is 108 Å². The smallest absolute Gasteiger partial charge is 0.223 e. The van der Waals surface area contributed by atoms with E-state index in [0.29, 0.717) is 10.7 Å². The predicted molar refractivity (Wildman–Crippen MR) is 68.6 cm³/mol. The molecule has 6 heteroatoms. The van der Waals surface area contributed by atoms with Gasteiger partial charge in [0.05, 0.1) is 23.9 Å². The summed E-state index contributed by atoms with van der Waals surface area (Å²) in [6.45, 7) is 0. The summed E-state index contributed by atoms with van der Waals surface area (Å²) in [6, 6.07) is 7.63. The number of nitrogens with zero attached hydrogens (tertiary/aromatic N) is 2. The van der Waals surface area contributed by atoms with Crippen molar-refractivity contribution >= 4 is 29.1 Å². The van der Waals surface area contributed by atoms with Crippen LogP contribution in [0.1, 0.15) is 0 Å². The van der Waals surface area contributed by atoms with Crippen LogP contribution in [-0.2, 0) is 0 Å². The van der Waals surface area contributed by atoms with Crippen LogP contribution in [0, 0.1) is 0 Å². The van der Waals surface area contributed by atoms with Crippen molar-refractivity contribution in [3.8, 4) is 5.75 Å². The Balaban J connectivity index is 2.34. The summed E-state index contributed by atoms with van der Waals surface area (Å²) in [4.78, 5) is 8.82. The fraction of sp³-hybridized carbons (Fsp3) is 0.0909. The van der Waals surface area contributed by atoms with Crippen LogP contribution in [0.3, 0.4) is 0 Å². The Morgan fingerprint density at radius 3 is 2.88 bits per heavy atom. The van der Waals surface area contributed by atoms with Gasteiger partial charge in [-0.15, -0.1) is 0 Å². The topological polar surface area (TPSA) is 61.0 Å². The molecule has 2 rings (SSSR count). The van der Waals surface area contributed by atoms with Crippen molar-refractivity contribution in [3.63, 3.8) is 0 Å². The number of methoxy groups -OCH3 is 1. The minimum Gasteiger partial charge on any atom is -0.496 e. The second-order valence-corrected chi connectivity index (χ2v) is 4.52. The number of rotatable bonds is 3. The molecule has 1 aromatic carbocycles. The van der Waals surface area contributed by atoms with E-state index < -0.39 is 0 Å². The molecule has 0 spiro atoms. The van der Waals surface area contributed by atoms with E-state index in [4.69, 9.17) is 22.1 Å². The van der Waals surface area contributed by atoms with Crippen molar-refractivity contribution in [1.82, 2.24) is 9.97 Å². The van der Waals surface area contributed by atoms with Crippen molar-refractivity contribution in [2.45, 2.75) is 9.92 Å². The summed E-state index contributed by atoms with van der Waals surface area (Å²) in [5, 5.41) is 0.797. The van der Waals surface area contributed by atoms with Crippen molar-refractivity contribution in [2.24, 2.45) is 0 Å². The summed E-state index contributed by atoms with van der Waals surface area (Å²) in [7, 11) is 1.62. The number of hydrogen-bond donors (Lipinski definition) is 1. The van der Waals surface area contributed by atoms with Crippen LogP contribution in [0.25, 0.3) is 0 Å². The first kappa shape index (κ1) is 12.0. The van der Waals surface area contributed by atoms with Crippen LogP contribution in [0.2, 0.25) is 5.28 Å². The molecular formula is C11H10ClN3OS. The molecule has 1 aromatic heterocycles. The van der Waals surface area contributed by atoms with Gasteiger partial charge in [-0.1, -0.05) is 23.9 Å². The number of nitrogens with two attached hydrogens (primary N) is 1. The maximum absolute atomic E-state index is 5.78. The largest absolute Gasteiger partial charge is 0.496 e. The van der Waals surface area contributed by atoms with Gasteiger partial charge in [0.1, 0.15) is 10.8 Å². The summed E-state index contributed by atoms with van der Waals surface area (Å²) in [5.74, 6) is 0.770. The molecule has 0 aliphatic carbocycles. The summed E-state index contributed by atoms with van der Waals surface area (Å²) < 4.78 is 5.25. The third kappa shape index (κ3) is 2.81. The Morgan fingerprint density at radius 2 is 2.12 bits per heavy atom. The highest BCUT2D eigenvalue weighted by atomic mass is 35.5. The van der Waals surface area contributed by atoms with E-state index in [1.165, 1.54) is 18.0 Å². The first-order valence-corrected chi connectivity index (χ1v) is 5.99. The zero-order chi connectivity index (χ0) is 12.3. The molecule has 17 heavy (non-hydrogen) atoms. The molecule has 88 valence electrons. The van der Waals surface area contributed by atoms with Gasteiger partial charge in [-0.3, -0.25) is 0 Å². The fourth-order valence-corrected chi connectivity index (χ4v) is 2.34. The summed E-state index contributed by atoms with van der Waals surface area (Å²) >= 11 is 7.13. The second kappa shape index (κ2) is 5.25. The van der Waals surface area contributed by atoms with Gasteiger partial charge >= 0.3 is 0 Å². The molecule has 0 aliphatic rings. The number of hydrogen-bond acceptors (Lipinski definition) is 5. The van der Waals surface area contributed by atoms with E-state index in [-0.39, 0.29) is 5.28 Å². The summed E-state index contributed by atoms with van der Waals surface area (Å²) in [6.07, 6.45) is 1.49. The quantitative estimate of drug-likeness (QED) is 0.684. The number of para-hydroxylation sites is 1. The Kier molecular flexibility index (Phi) is 3.71. The molecule has 0 atom stereocenters. The summed E-state index contributed by atoms with van der Waals surface area (Å²) in [5.41, 5.74) is 6.27. The maximum atomic E-state index is 5.78. The monoisotopic (exact) mass is 267 g/mol. The second-order valence-electron chi connectivity index (χ2n) is 3.15. The number of ether oxygens (including phenoxy) is 1. The Hall–Kier alpha value is -1.46. The van der Waals surface area contributed by atoms with Gasteiger partial charge in [0.15, 0.2) is 0 Å². The Bertz CT molecular complexity index is 536. The first-order valence-electron chi connectivity index (χ1n) is 4.79. The highest BCUT2D eigenvalue weighted by Crippen LogP contribution is 2.36. The molecule has 0 amide bonds. The standard InChI is InChI=1S/C11H10ClN3OS/c1-16-8-4-2-3-5-9(8)17-10-7(13)6-14-11(12)15-10/h2-6H,13H2,1H3. The molecule has 2 N–H and O–H groups in total. The third-order valence-electron chi connectivity index (χ3n) is 2.03. The number of benzene rings is 1. The van der Waals surface area contributed by atoms with Crippen molar-refractivity contribution in [1.29, 1.82) is 0 Å². The van der Waals surface area contributed by atoms with Crippen molar-refractivity contribution in [3.05, 3.63) is 35.7 Å². The van der Waals surface area contributed by atoms with Gasteiger partial charge < -0.3 is 10.5 Å². The number of nitrogen functional groups attached to an aromatic ring is 1. The normalized spacial score (nSPS) is 10.2. The number of halogens is 1. The molecule has 2 aromatic rings. The van der Waals surface area contributed by atoms with E-state index >= 15 is 0 Å². The molecule has 1 heterocycles. The van der Waals surface area contributed by atoms with Crippen molar-refractivity contribution in [2.75, 3.05) is 12.8 Å². The lowest BCUT2D eigenvalue weighted by molar-refractivity contribution is 0.405. The average Bonchev–Trinajstić information content (AvgIpc) is 2.34. The molecule has 0 aliphatic heterocycles. The van der Waals surface area contributed by atoms with E-state index in [1.807, 2.05) is 24.3 Å². The van der Waals surface area contributed by atoms with Crippen LogP contribution in [0.15, 0.2) is 40.4 Å². The van der Waals surface area contributed by atoms with E-state index in [0.717, 1.165) is 10.6 Å². The zero-order valence-corrected chi connectivity index (χ0v) is 10.6. The molecule has 0 radical (unpaired) electrons. The maximum Gasteiger partial charge on any atom is 0.223 e. The van der Waals surface area contributed by atoms with Crippen molar-refractivity contribution < 1.29 is 4.74 Å². The lowest BCUT2D eigenvalue weighted by Crippen LogP contribution is -1.95. The van der Waals surface area contributed by atoms with Gasteiger partial charge in [0.25, 0.3) is 0 Å². The highest BCUT2D eigenvalue weighted by Gasteiger charge is 2.09. The van der Waals surface area contributed by atoms with Gasteiger partial charge in [-0.25, -0.2) is 9.97 Å². The lowest BCUT2D eigenvalue weighted by Gasteiger charge is -2.08. The highest BCUT2D eigenvalue weighted by molar-refractivity contribution is 7.99. The molecule has 0 fully saturated rings. The van der Waals surface area contributed by atoms with Crippen LogP contribution in [-0.4, -0.2) is 17.1 Å². The molecule has 0 unspecified atom stereocenters. The van der Waals surface area contributed by atoms with Gasteiger partial charge in [0.2, 0.25) is 5.28 Å². The lowest BCUT2D eigenvalue weighted by atomic mass is 10.3. The van der Waals surface area contributed by atoms with Gasteiger partial charge in [-0.2, -0.15) is 0 Å². The van der Waals surface area contributed by atoms with Crippen LogP contribution < -0.4 is 10.5 Å². The van der Waals surface area contributed by atoms with Gasteiger partial charge in [-0.05, 0) is 23.7 Å². The van der Waals surface area contributed by atoms with Crippen LogP contribution in [0.4, 0.5) is 5.69 Å². The van der Waals surface area contributed by atoms with Gasteiger partial charge in [0, 0.05) is 0 Å². The molecule has 0 saturated carbocycles. The third-order valence-corrected chi connectivity index (χ3v) is 3.29. The molecule has 0 saturated heterocycles. The molecule has 0 bridgehead atoms. The van der Waals surface area contributed by atoms with E-state index in [1.54, 1.807) is 7.11 Å². The minimum atomic E-state index is 0.177. The zero-order valence-electron chi connectivity index (χ0n) is 9.05. The number of aromatic nitrogens is 2. The predicted octanol–water partition coefficient (Wildman–Crippen LogP) is 2.87. The van der Waals surface area contributed by atoms with Crippen LogP contribution >= 0.6 is 23.4 Å². The first-order chi connectivity index (χ1) is 8.20. The minimum absolute atomic E-state index is 0.177. The fourth-order valence-electron chi connectivity index (χ4n) is 1.24. The molecule has 4 nitrogen and oxygen atoms in total.